The molecule has 4 aromatic rings. The van der Waals surface area contributed by atoms with Gasteiger partial charge in [0.15, 0.2) is 0 Å². The van der Waals surface area contributed by atoms with Gasteiger partial charge in [-0.2, -0.15) is 0 Å². The van der Waals surface area contributed by atoms with Gasteiger partial charge < -0.3 is 14.7 Å². The van der Waals surface area contributed by atoms with Crippen molar-refractivity contribution >= 4 is 34.1 Å². The van der Waals surface area contributed by atoms with Crippen LogP contribution in [0.2, 0.25) is 5.02 Å². The average Bonchev–Trinajstić information content (AvgIpc) is 3.44. The molecule has 0 saturated heterocycles. The second-order valence-electron chi connectivity index (χ2n) is 7.32. The van der Waals surface area contributed by atoms with E-state index in [-0.39, 0.29) is 12.0 Å². The lowest BCUT2D eigenvalue weighted by atomic mass is 10.1. The first kappa shape index (κ1) is 19.3. The zero-order valence-corrected chi connectivity index (χ0v) is 17.3. The Morgan fingerprint density at radius 3 is 2.68 bits per heavy atom. The van der Waals surface area contributed by atoms with Gasteiger partial charge in [0, 0.05) is 40.5 Å². The highest BCUT2D eigenvalue weighted by Gasteiger charge is 2.24. The van der Waals surface area contributed by atoms with Crippen molar-refractivity contribution < 1.29 is 9.63 Å². The lowest BCUT2D eigenvalue weighted by Crippen LogP contribution is -2.33. The third-order valence-corrected chi connectivity index (χ3v) is 5.52. The predicted molar refractivity (Wildman–Crippen MR) is 121 cm³/mol. The number of fused-ring (bicyclic) bond motifs is 1. The third kappa shape index (κ3) is 3.90. The van der Waals surface area contributed by atoms with Gasteiger partial charge in [-0.25, -0.2) is 0 Å². The first-order chi connectivity index (χ1) is 15.2. The summed E-state index contributed by atoms with van der Waals surface area (Å²) in [5.41, 5.74) is 4.21. The number of nitrogens with one attached hydrogen (secondary N) is 1. The van der Waals surface area contributed by atoms with Gasteiger partial charge in [-0.15, -0.1) is 0 Å². The maximum Gasteiger partial charge on any atom is 0.268 e. The van der Waals surface area contributed by atoms with Crippen molar-refractivity contribution in [3.63, 3.8) is 0 Å². The number of pyridine rings is 1. The highest BCUT2D eigenvalue weighted by atomic mass is 35.5. The summed E-state index contributed by atoms with van der Waals surface area (Å²) >= 11 is 6.06. The van der Waals surface area contributed by atoms with Gasteiger partial charge in [0.25, 0.3) is 5.91 Å². The van der Waals surface area contributed by atoms with Gasteiger partial charge in [-0.05, 0) is 48.5 Å². The number of hydrogen-bond donors (Lipinski definition) is 1. The Balaban J connectivity index is 1.35. The molecule has 0 fully saturated rings. The molecule has 1 N–H and O–H groups in total. The molecule has 1 unspecified atom stereocenters. The molecule has 6 nitrogen and oxygen atoms in total. The number of para-hydroxylation sites is 1. The van der Waals surface area contributed by atoms with E-state index in [1.807, 2.05) is 71.3 Å². The number of oxime groups is 1. The molecular weight excluding hydrogens is 412 g/mol. The molecule has 0 spiro atoms. The van der Waals surface area contributed by atoms with Crippen molar-refractivity contribution in [2.24, 2.45) is 5.16 Å². The zero-order chi connectivity index (χ0) is 21.2. The summed E-state index contributed by atoms with van der Waals surface area (Å²) in [6.45, 7) is 0.360. The minimum Gasteiger partial charge on any atom is -0.390 e. The molecule has 3 heterocycles. The van der Waals surface area contributed by atoms with Crippen molar-refractivity contribution in [1.29, 1.82) is 0 Å². The molecule has 1 amide bonds. The summed E-state index contributed by atoms with van der Waals surface area (Å²) in [5.74, 6) is -0.174. The van der Waals surface area contributed by atoms with Gasteiger partial charge in [0.1, 0.15) is 11.8 Å². The molecule has 0 aliphatic carbocycles. The van der Waals surface area contributed by atoms with Crippen LogP contribution in [0.3, 0.4) is 0 Å². The number of rotatable bonds is 5. The molecule has 0 saturated carbocycles. The van der Waals surface area contributed by atoms with Crippen LogP contribution in [-0.2, 0) is 4.84 Å². The Morgan fingerprint density at radius 2 is 1.87 bits per heavy atom. The maximum atomic E-state index is 13.1. The van der Waals surface area contributed by atoms with Crippen LogP contribution in [0.25, 0.3) is 16.6 Å². The third-order valence-electron chi connectivity index (χ3n) is 5.27. The number of carbonyl (C=O) groups excluding carboxylic acids is 1. The molecule has 5 rings (SSSR count). The average molecular weight is 431 g/mol. The van der Waals surface area contributed by atoms with Gasteiger partial charge in [0.2, 0.25) is 0 Å². The first-order valence-electron chi connectivity index (χ1n) is 9.97. The molecule has 1 aliphatic heterocycles. The summed E-state index contributed by atoms with van der Waals surface area (Å²) in [7, 11) is 0. The molecule has 1 aliphatic rings. The Kier molecular flexibility index (Phi) is 5.14. The van der Waals surface area contributed by atoms with Crippen molar-refractivity contribution in [3.05, 3.63) is 95.4 Å². The topological polar surface area (TPSA) is 68.5 Å². The van der Waals surface area contributed by atoms with E-state index in [1.54, 1.807) is 12.4 Å². The molecule has 2 aromatic carbocycles. The molecule has 0 bridgehead atoms. The molecule has 7 heteroatoms. The van der Waals surface area contributed by atoms with Gasteiger partial charge >= 0.3 is 0 Å². The predicted octanol–water partition coefficient (Wildman–Crippen LogP) is 4.60. The van der Waals surface area contributed by atoms with Crippen LogP contribution in [0.15, 0.2) is 84.3 Å². The van der Waals surface area contributed by atoms with E-state index in [0.717, 1.165) is 27.9 Å². The number of nitrogens with zero attached hydrogens (tertiary/aromatic N) is 3. The van der Waals surface area contributed by atoms with Crippen LogP contribution in [0.5, 0.6) is 0 Å². The fourth-order valence-electron chi connectivity index (χ4n) is 3.74. The summed E-state index contributed by atoms with van der Waals surface area (Å²) in [6, 6.07) is 21.0. The SMILES string of the molecule is O=C(NCC1CC(c2ccncc2)=NO1)c1cc2ccccc2n1-c1ccc(Cl)cc1. The Hall–Kier alpha value is -3.64. The summed E-state index contributed by atoms with van der Waals surface area (Å²) in [4.78, 5) is 22.7. The van der Waals surface area contributed by atoms with Crippen LogP contribution in [0.1, 0.15) is 22.5 Å². The lowest BCUT2D eigenvalue weighted by molar-refractivity contribution is 0.0750. The van der Waals surface area contributed by atoms with Crippen LogP contribution in [0.4, 0.5) is 0 Å². The number of benzene rings is 2. The molecular formula is C24H19ClN4O2. The molecule has 0 radical (unpaired) electrons. The minimum absolute atomic E-state index is 0.174. The summed E-state index contributed by atoms with van der Waals surface area (Å²) in [6.07, 6.45) is 3.87. The fraction of sp³-hybridized carbons (Fsp3) is 0.125. The second-order valence-corrected chi connectivity index (χ2v) is 7.75. The first-order valence-corrected chi connectivity index (χ1v) is 10.3. The largest absolute Gasteiger partial charge is 0.390 e. The number of hydrogen-bond acceptors (Lipinski definition) is 4. The van der Waals surface area contributed by atoms with Gasteiger partial charge in [-0.1, -0.05) is 35.0 Å². The van der Waals surface area contributed by atoms with E-state index in [9.17, 15) is 4.79 Å². The van der Waals surface area contributed by atoms with E-state index in [0.29, 0.717) is 23.7 Å². The molecule has 1 atom stereocenters. The monoisotopic (exact) mass is 430 g/mol. The molecule has 31 heavy (non-hydrogen) atoms. The number of carbonyl (C=O) groups is 1. The van der Waals surface area contributed by atoms with Gasteiger partial charge in [0.05, 0.1) is 17.8 Å². The van der Waals surface area contributed by atoms with Crippen molar-refractivity contribution in [1.82, 2.24) is 14.9 Å². The van der Waals surface area contributed by atoms with Crippen molar-refractivity contribution in [2.45, 2.75) is 12.5 Å². The van der Waals surface area contributed by atoms with Crippen LogP contribution < -0.4 is 5.32 Å². The number of amides is 1. The summed E-state index contributed by atoms with van der Waals surface area (Å²) in [5, 5.41) is 8.80. The van der Waals surface area contributed by atoms with Crippen LogP contribution >= 0.6 is 11.6 Å². The Bertz CT molecular complexity index is 1270. The normalized spacial score (nSPS) is 15.5. The number of aromatic nitrogens is 2. The highest BCUT2D eigenvalue weighted by Crippen LogP contribution is 2.25. The smallest absolute Gasteiger partial charge is 0.268 e. The van der Waals surface area contributed by atoms with E-state index in [1.165, 1.54) is 0 Å². The van der Waals surface area contributed by atoms with Crippen molar-refractivity contribution in [2.75, 3.05) is 6.54 Å². The molecule has 154 valence electrons. The fourth-order valence-corrected chi connectivity index (χ4v) is 3.87. The van der Waals surface area contributed by atoms with E-state index < -0.39 is 0 Å². The Morgan fingerprint density at radius 1 is 1.10 bits per heavy atom. The maximum absolute atomic E-state index is 13.1. The minimum atomic E-state index is -0.208. The van der Waals surface area contributed by atoms with Crippen LogP contribution in [0, 0.1) is 0 Å². The van der Waals surface area contributed by atoms with Gasteiger partial charge in [-0.3, -0.25) is 9.78 Å². The second kappa shape index (κ2) is 8.24. The van der Waals surface area contributed by atoms with E-state index in [4.69, 9.17) is 16.4 Å². The lowest BCUT2D eigenvalue weighted by Gasteiger charge is -2.13. The number of halogens is 1. The highest BCUT2D eigenvalue weighted by molar-refractivity contribution is 6.30. The van der Waals surface area contributed by atoms with E-state index >= 15 is 0 Å². The van der Waals surface area contributed by atoms with Crippen molar-refractivity contribution in [3.8, 4) is 5.69 Å². The summed E-state index contributed by atoms with van der Waals surface area (Å²) < 4.78 is 1.94. The zero-order valence-electron chi connectivity index (χ0n) is 16.5. The Labute approximate surface area is 184 Å². The van der Waals surface area contributed by atoms with E-state index in [2.05, 4.69) is 15.5 Å². The molecule has 2 aromatic heterocycles. The standard InChI is InChI=1S/C24H19ClN4O2/c25-18-5-7-19(8-6-18)29-22-4-2-1-3-17(22)13-23(29)24(30)27-15-20-14-21(28-31-20)16-9-11-26-12-10-16/h1-13,20H,14-15H2,(H,27,30). The quantitative estimate of drug-likeness (QED) is 0.503. The van der Waals surface area contributed by atoms with Crippen LogP contribution in [-0.4, -0.2) is 33.8 Å².